The second-order valence-corrected chi connectivity index (χ2v) is 8.35. The number of aromatic nitrogens is 3. The van der Waals surface area contributed by atoms with Crippen molar-refractivity contribution in [2.45, 2.75) is 53.0 Å². The lowest BCUT2D eigenvalue weighted by Crippen LogP contribution is -2.12. The molecule has 0 saturated heterocycles. The van der Waals surface area contributed by atoms with Gasteiger partial charge in [0.25, 0.3) is 0 Å². The van der Waals surface area contributed by atoms with Crippen molar-refractivity contribution in [1.82, 2.24) is 14.5 Å². The molecule has 0 aliphatic heterocycles. The molecule has 2 aromatic heterocycles. The molecule has 0 aromatic carbocycles. The van der Waals surface area contributed by atoms with Gasteiger partial charge in [0.05, 0.1) is 17.0 Å². The molecule has 2 aromatic rings. The summed E-state index contributed by atoms with van der Waals surface area (Å²) in [6, 6.07) is 0. The highest BCUT2D eigenvalue weighted by Gasteiger charge is 2.14. The van der Waals surface area contributed by atoms with Crippen LogP contribution in [0.5, 0.6) is 0 Å². The van der Waals surface area contributed by atoms with Crippen LogP contribution in [-0.2, 0) is 16.4 Å². The number of hydrogen-bond donors (Lipinski definition) is 1. The highest BCUT2D eigenvalue weighted by Crippen LogP contribution is 2.23. The van der Waals surface area contributed by atoms with Crippen LogP contribution in [0.2, 0.25) is 0 Å². The zero-order chi connectivity index (χ0) is 17.0. The Morgan fingerprint density at radius 1 is 1.17 bits per heavy atom. The van der Waals surface area contributed by atoms with E-state index in [-0.39, 0.29) is 5.75 Å². The molecule has 0 spiro atoms. The maximum absolute atomic E-state index is 11.9. The summed E-state index contributed by atoms with van der Waals surface area (Å²) in [5, 5.41) is 0. The van der Waals surface area contributed by atoms with Gasteiger partial charge in [-0.1, -0.05) is 13.3 Å². The molecule has 2 heterocycles. The first kappa shape index (κ1) is 17.7. The summed E-state index contributed by atoms with van der Waals surface area (Å²) in [7, 11) is -2.91. The first-order valence-corrected chi connectivity index (χ1v) is 9.96. The van der Waals surface area contributed by atoms with Gasteiger partial charge in [-0.2, -0.15) is 0 Å². The molecule has 0 radical (unpaired) electrons. The van der Waals surface area contributed by atoms with E-state index in [0.717, 1.165) is 48.2 Å². The molecule has 2 rings (SSSR count). The molecule has 7 heteroatoms. The molecule has 0 aliphatic carbocycles. The van der Waals surface area contributed by atoms with Gasteiger partial charge in [-0.15, -0.1) is 0 Å². The molecule has 0 saturated carbocycles. The zero-order valence-corrected chi connectivity index (χ0v) is 15.0. The summed E-state index contributed by atoms with van der Waals surface area (Å²) in [5.74, 6) is 1.89. The van der Waals surface area contributed by atoms with E-state index in [4.69, 9.17) is 5.73 Å². The maximum Gasteiger partial charge on any atom is 0.151 e. The minimum absolute atomic E-state index is 0.265. The standard InChI is InChI=1S/C16H26N4O2S/c1-4-5-9-23(21,22)10-7-6-8-20-13(3)19-14-15(20)12(2)11-18-16(14)17/h11H,4-10H2,1-3H3,(H2,17,18). The molecular weight excluding hydrogens is 312 g/mol. The average molecular weight is 338 g/mol. The number of nitrogen functional groups attached to an aromatic ring is 1. The normalized spacial score (nSPS) is 12.1. The van der Waals surface area contributed by atoms with E-state index in [1.807, 2.05) is 20.8 Å². The quantitative estimate of drug-likeness (QED) is 0.747. The van der Waals surface area contributed by atoms with Gasteiger partial charge in [-0.25, -0.2) is 18.4 Å². The van der Waals surface area contributed by atoms with Crippen molar-refractivity contribution in [3.05, 3.63) is 17.6 Å². The molecule has 0 unspecified atom stereocenters. The summed E-state index contributed by atoms with van der Waals surface area (Å²) in [6.07, 6.45) is 4.89. The highest BCUT2D eigenvalue weighted by atomic mass is 32.2. The van der Waals surface area contributed by atoms with Gasteiger partial charge in [0.15, 0.2) is 5.82 Å². The molecule has 0 fully saturated rings. The molecule has 2 N–H and O–H groups in total. The Morgan fingerprint density at radius 2 is 1.87 bits per heavy atom. The first-order valence-electron chi connectivity index (χ1n) is 8.14. The van der Waals surface area contributed by atoms with Crippen LogP contribution in [0, 0.1) is 13.8 Å². The lowest BCUT2D eigenvalue weighted by atomic mass is 10.2. The summed E-state index contributed by atoms with van der Waals surface area (Å²) >= 11 is 0. The van der Waals surface area contributed by atoms with E-state index < -0.39 is 9.84 Å². The van der Waals surface area contributed by atoms with Crippen LogP contribution in [0.1, 0.15) is 44.0 Å². The average Bonchev–Trinajstić information content (AvgIpc) is 2.83. The van der Waals surface area contributed by atoms with Crippen LogP contribution in [0.25, 0.3) is 11.0 Å². The van der Waals surface area contributed by atoms with Gasteiger partial charge in [0.2, 0.25) is 0 Å². The number of unbranched alkanes of at least 4 members (excludes halogenated alkanes) is 2. The minimum Gasteiger partial charge on any atom is -0.382 e. The Kier molecular flexibility index (Phi) is 5.62. The van der Waals surface area contributed by atoms with Crippen molar-refractivity contribution in [3.63, 3.8) is 0 Å². The van der Waals surface area contributed by atoms with Crippen molar-refractivity contribution in [2.75, 3.05) is 17.2 Å². The number of nitrogens with zero attached hydrogens (tertiary/aromatic N) is 3. The third-order valence-electron chi connectivity index (χ3n) is 4.07. The van der Waals surface area contributed by atoms with Crippen LogP contribution in [0.3, 0.4) is 0 Å². The van der Waals surface area contributed by atoms with Crippen molar-refractivity contribution >= 4 is 26.7 Å². The number of rotatable bonds is 8. The Balaban J connectivity index is 2.03. The number of imidazole rings is 1. The number of hydrogen-bond acceptors (Lipinski definition) is 5. The highest BCUT2D eigenvalue weighted by molar-refractivity contribution is 7.91. The van der Waals surface area contributed by atoms with Crippen molar-refractivity contribution in [2.24, 2.45) is 0 Å². The predicted octanol–water partition coefficient (Wildman–Crippen LogP) is 2.63. The smallest absolute Gasteiger partial charge is 0.151 e. The molecule has 0 amide bonds. The maximum atomic E-state index is 11.9. The van der Waals surface area contributed by atoms with E-state index in [2.05, 4.69) is 14.5 Å². The topological polar surface area (TPSA) is 90.9 Å². The van der Waals surface area contributed by atoms with Gasteiger partial charge >= 0.3 is 0 Å². The van der Waals surface area contributed by atoms with Crippen molar-refractivity contribution in [3.8, 4) is 0 Å². The molecular formula is C16H26N4O2S. The molecule has 128 valence electrons. The van der Waals surface area contributed by atoms with Gasteiger partial charge in [0.1, 0.15) is 21.2 Å². The molecule has 0 aliphatic rings. The minimum atomic E-state index is -2.91. The fourth-order valence-corrected chi connectivity index (χ4v) is 4.34. The molecule has 23 heavy (non-hydrogen) atoms. The number of fused-ring (bicyclic) bond motifs is 1. The van der Waals surface area contributed by atoms with E-state index in [1.165, 1.54) is 0 Å². The first-order chi connectivity index (χ1) is 10.9. The van der Waals surface area contributed by atoms with Gasteiger partial charge in [-0.3, -0.25) is 0 Å². The third kappa shape index (κ3) is 4.22. The predicted molar refractivity (Wildman–Crippen MR) is 94.2 cm³/mol. The summed E-state index contributed by atoms with van der Waals surface area (Å²) < 4.78 is 25.9. The van der Waals surface area contributed by atoms with E-state index >= 15 is 0 Å². The van der Waals surface area contributed by atoms with E-state index in [1.54, 1.807) is 6.20 Å². The number of sulfone groups is 1. The lowest BCUT2D eigenvalue weighted by molar-refractivity contribution is 0.580. The van der Waals surface area contributed by atoms with E-state index in [9.17, 15) is 8.42 Å². The summed E-state index contributed by atoms with van der Waals surface area (Å²) in [5.41, 5.74) is 8.67. The summed E-state index contributed by atoms with van der Waals surface area (Å²) in [4.78, 5) is 8.64. The largest absolute Gasteiger partial charge is 0.382 e. The van der Waals surface area contributed by atoms with Gasteiger partial charge in [-0.05, 0) is 38.7 Å². The number of nitrogens with two attached hydrogens (primary N) is 1. The van der Waals surface area contributed by atoms with Crippen LogP contribution in [0.15, 0.2) is 6.20 Å². The number of pyridine rings is 1. The summed E-state index contributed by atoms with van der Waals surface area (Å²) in [6.45, 7) is 6.68. The van der Waals surface area contributed by atoms with Crippen LogP contribution in [-0.4, -0.2) is 34.5 Å². The number of anilines is 1. The Bertz CT molecular complexity index is 781. The van der Waals surface area contributed by atoms with Crippen molar-refractivity contribution < 1.29 is 8.42 Å². The van der Waals surface area contributed by atoms with Crippen LogP contribution < -0.4 is 5.73 Å². The fourth-order valence-electron chi connectivity index (χ4n) is 2.76. The lowest BCUT2D eigenvalue weighted by Gasteiger charge is -2.09. The molecule has 6 nitrogen and oxygen atoms in total. The zero-order valence-electron chi connectivity index (χ0n) is 14.2. The van der Waals surface area contributed by atoms with Crippen molar-refractivity contribution in [1.29, 1.82) is 0 Å². The molecule has 0 bridgehead atoms. The van der Waals surface area contributed by atoms with Crippen LogP contribution in [0.4, 0.5) is 5.82 Å². The Labute approximate surface area is 138 Å². The monoisotopic (exact) mass is 338 g/mol. The van der Waals surface area contributed by atoms with Gasteiger partial charge in [0, 0.05) is 12.7 Å². The van der Waals surface area contributed by atoms with E-state index in [0.29, 0.717) is 18.0 Å². The third-order valence-corrected chi connectivity index (χ3v) is 5.89. The Hall–Kier alpha value is -1.63. The molecule has 0 atom stereocenters. The Morgan fingerprint density at radius 3 is 2.57 bits per heavy atom. The number of aryl methyl sites for hydroxylation is 3. The van der Waals surface area contributed by atoms with Crippen LogP contribution >= 0.6 is 0 Å². The fraction of sp³-hybridized carbons (Fsp3) is 0.625. The second-order valence-electron chi connectivity index (χ2n) is 6.05. The second kappa shape index (κ2) is 7.29. The SMILES string of the molecule is CCCCS(=O)(=O)CCCCn1c(C)nc2c(N)ncc(C)c21. The van der Waals surface area contributed by atoms with Gasteiger partial charge < -0.3 is 10.3 Å².